The van der Waals surface area contributed by atoms with Gasteiger partial charge in [0.2, 0.25) is 0 Å². The molecule has 4 heteroatoms. The van der Waals surface area contributed by atoms with E-state index in [1.165, 1.54) is 7.11 Å². The molecule has 1 aromatic rings. The lowest BCUT2D eigenvalue weighted by Crippen LogP contribution is -2.13. The van der Waals surface area contributed by atoms with E-state index in [1.54, 1.807) is 12.1 Å². The zero-order chi connectivity index (χ0) is 12.1. The molecule has 1 aromatic carbocycles. The van der Waals surface area contributed by atoms with Crippen LogP contribution in [0, 0.1) is 0 Å². The van der Waals surface area contributed by atoms with Crippen molar-refractivity contribution < 1.29 is 9.53 Å². The molecular formula is C12H12BrClO2. The molecule has 0 aliphatic rings. The van der Waals surface area contributed by atoms with Gasteiger partial charge in [0, 0.05) is 4.47 Å². The quantitative estimate of drug-likeness (QED) is 0.622. The minimum absolute atomic E-state index is 0.279. The lowest BCUT2D eigenvalue weighted by Gasteiger charge is -2.13. The first-order valence-corrected chi connectivity index (χ1v) is 5.91. The minimum Gasteiger partial charge on any atom is -0.469 e. The lowest BCUT2D eigenvalue weighted by molar-refractivity contribution is -0.142. The number of halogens is 2. The molecule has 1 atom stereocenters. The molecule has 86 valence electrons. The predicted molar refractivity (Wildman–Crippen MR) is 68.7 cm³/mol. The van der Waals surface area contributed by atoms with Crippen molar-refractivity contribution >= 4 is 33.5 Å². The van der Waals surface area contributed by atoms with Gasteiger partial charge in [0.15, 0.2) is 0 Å². The Morgan fingerprint density at radius 2 is 2.38 bits per heavy atom. The van der Waals surface area contributed by atoms with E-state index in [0.29, 0.717) is 11.4 Å². The van der Waals surface area contributed by atoms with Crippen LogP contribution in [0.25, 0.3) is 0 Å². The number of hydrogen-bond donors (Lipinski definition) is 0. The molecule has 2 nitrogen and oxygen atoms in total. The van der Waals surface area contributed by atoms with Gasteiger partial charge < -0.3 is 4.74 Å². The first-order valence-electron chi connectivity index (χ1n) is 4.73. The van der Waals surface area contributed by atoms with Crippen molar-refractivity contribution in [3.05, 3.63) is 45.9 Å². The van der Waals surface area contributed by atoms with Crippen LogP contribution in [0.2, 0.25) is 5.02 Å². The highest BCUT2D eigenvalue weighted by atomic mass is 79.9. The maximum atomic E-state index is 11.6. The van der Waals surface area contributed by atoms with Crippen molar-refractivity contribution in [1.29, 1.82) is 0 Å². The van der Waals surface area contributed by atoms with E-state index in [0.717, 1.165) is 10.0 Å². The second-order valence-corrected chi connectivity index (χ2v) is 4.54. The summed E-state index contributed by atoms with van der Waals surface area (Å²) in [4.78, 5) is 11.6. The number of hydrogen-bond acceptors (Lipinski definition) is 2. The molecule has 0 aromatic heterocycles. The topological polar surface area (TPSA) is 26.3 Å². The molecule has 1 unspecified atom stereocenters. The zero-order valence-corrected chi connectivity index (χ0v) is 11.2. The standard InChI is InChI=1S/C12H12BrClO2/c1-3-4-9(12(15)16-2)8-5-6-10(13)11(14)7-8/h3,5-7,9H,1,4H2,2H3. The average Bonchev–Trinajstić information content (AvgIpc) is 2.29. The molecule has 0 saturated carbocycles. The number of rotatable bonds is 4. The largest absolute Gasteiger partial charge is 0.469 e. The second kappa shape index (κ2) is 6.06. The molecular weight excluding hydrogens is 291 g/mol. The summed E-state index contributed by atoms with van der Waals surface area (Å²) < 4.78 is 5.55. The lowest BCUT2D eigenvalue weighted by atomic mass is 9.96. The summed E-state index contributed by atoms with van der Waals surface area (Å²) in [6.07, 6.45) is 2.22. The van der Waals surface area contributed by atoms with Gasteiger partial charge in [0.1, 0.15) is 0 Å². The third kappa shape index (κ3) is 3.09. The Balaban J connectivity index is 3.05. The van der Waals surface area contributed by atoms with Crippen LogP contribution in [0.5, 0.6) is 0 Å². The molecule has 0 radical (unpaired) electrons. The van der Waals surface area contributed by atoms with Gasteiger partial charge >= 0.3 is 5.97 Å². The molecule has 0 fully saturated rings. The number of carbonyl (C=O) groups excluding carboxylic acids is 1. The first-order chi connectivity index (χ1) is 7.60. The molecule has 0 aliphatic heterocycles. The van der Waals surface area contributed by atoms with E-state index in [2.05, 4.69) is 22.5 Å². The maximum absolute atomic E-state index is 11.6. The number of allylic oxidation sites excluding steroid dienone is 1. The van der Waals surface area contributed by atoms with Gasteiger partial charge in [-0.3, -0.25) is 4.79 Å². The number of carbonyl (C=O) groups is 1. The summed E-state index contributed by atoms with van der Waals surface area (Å²) >= 11 is 9.28. The third-order valence-electron chi connectivity index (χ3n) is 2.23. The highest BCUT2D eigenvalue weighted by Crippen LogP contribution is 2.29. The van der Waals surface area contributed by atoms with Crippen molar-refractivity contribution in [2.24, 2.45) is 0 Å². The van der Waals surface area contributed by atoms with E-state index in [-0.39, 0.29) is 11.9 Å². The van der Waals surface area contributed by atoms with Crippen molar-refractivity contribution in [3.63, 3.8) is 0 Å². The van der Waals surface area contributed by atoms with Gasteiger partial charge in [0.05, 0.1) is 18.1 Å². The van der Waals surface area contributed by atoms with Crippen LogP contribution in [0.15, 0.2) is 35.3 Å². The summed E-state index contributed by atoms with van der Waals surface area (Å²) in [5.74, 6) is -0.619. The summed E-state index contributed by atoms with van der Waals surface area (Å²) in [5, 5.41) is 0.579. The Bertz CT molecular complexity index is 404. The van der Waals surface area contributed by atoms with Crippen molar-refractivity contribution in [1.82, 2.24) is 0 Å². The molecule has 0 aliphatic carbocycles. The van der Waals surface area contributed by atoms with Crippen molar-refractivity contribution in [2.45, 2.75) is 12.3 Å². The van der Waals surface area contributed by atoms with E-state index in [1.807, 2.05) is 12.1 Å². The first kappa shape index (κ1) is 13.3. The van der Waals surface area contributed by atoms with E-state index in [4.69, 9.17) is 16.3 Å². The number of ether oxygens (including phenoxy) is 1. The molecule has 1 rings (SSSR count). The normalized spacial score (nSPS) is 11.9. The number of benzene rings is 1. The fourth-order valence-corrected chi connectivity index (χ4v) is 1.84. The SMILES string of the molecule is C=CCC(C(=O)OC)c1ccc(Br)c(Cl)c1. The van der Waals surface area contributed by atoms with Crippen LogP contribution in [0.1, 0.15) is 17.9 Å². The number of methoxy groups -OCH3 is 1. The van der Waals surface area contributed by atoms with E-state index >= 15 is 0 Å². The zero-order valence-electron chi connectivity index (χ0n) is 8.87. The number of esters is 1. The minimum atomic E-state index is -0.340. The molecule has 0 amide bonds. The van der Waals surface area contributed by atoms with Crippen LogP contribution in [0.4, 0.5) is 0 Å². The Labute approximate surface area is 108 Å². The van der Waals surface area contributed by atoms with Gasteiger partial charge in [-0.05, 0) is 40.0 Å². The Morgan fingerprint density at radius 3 is 2.88 bits per heavy atom. The molecule has 0 N–H and O–H groups in total. The Kier molecular flexibility index (Phi) is 5.03. The second-order valence-electron chi connectivity index (χ2n) is 3.27. The summed E-state index contributed by atoms with van der Waals surface area (Å²) in [6, 6.07) is 5.43. The van der Waals surface area contributed by atoms with Gasteiger partial charge in [-0.15, -0.1) is 6.58 Å². The summed E-state index contributed by atoms with van der Waals surface area (Å²) in [5.41, 5.74) is 0.833. The van der Waals surface area contributed by atoms with Crippen LogP contribution in [-0.4, -0.2) is 13.1 Å². The molecule has 0 saturated heterocycles. The fraction of sp³-hybridized carbons (Fsp3) is 0.250. The smallest absolute Gasteiger partial charge is 0.313 e. The van der Waals surface area contributed by atoms with Crippen molar-refractivity contribution in [3.8, 4) is 0 Å². The highest BCUT2D eigenvalue weighted by molar-refractivity contribution is 9.10. The Hall–Kier alpha value is -0.800. The molecule has 16 heavy (non-hydrogen) atoms. The van der Waals surface area contributed by atoms with E-state index < -0.39 is 0 Å². The van der Waals surface area contributed by atoms with Crippen LogP contribution in [0.3, 0.4) is 0 Å². The molecule has 0 heterocycles. The average molecular weight is 304 g/mol. The molecule has 0 spiro atoms. The summed E-state index contributed by atoms with van der Waals surface area (Å²) in [6.45, 7) is 3.63. The fourth-order valence-electron chi connectivity index (χ4n) is 1.41. The maximum Gasteiger partial charge on any atom is 0.313 e. The predicted octanol–water partition coefficient (Wildman–Crippen LogP) is 3.94. The van der Waals surface area contributed by atoms with Crippen LogP contribution in [-0.2, 0) is 9.53 Å². The van der Waals surface area contributed by atoms with Gasteiger partial charge in [0.25, 0.3) is 0 Å². The van der Waals surface area contributed by atoms with Crippen LogP contribution >= 0.6 is 27.5 Å². The van der Waals surface area contributed by atoms with Gasteiger partial charge in [-0.2, -0.15) is 0 Å². The van der Waals surface area contributed by atoms with Crippen molar-refractivity contribution in [2.75, 3.05) is 7.11 Å². The third-order valence-corrected chi connectivity index (χ3v) is 3.47. The van der Waals surface area contributed by atoms with Crippen LogP contribution < -0.4 is 0 Å². The highest BCUT2D eigenvalue weighted by Gasteiger charge is 2.20. The monoisotopic (exact) mass is 302 g/mol. The molecule has 0 bridgehead atoms. The van der Waals surface area contributed by atoms with Gasteiger partial charge in [-0.25, -0.2) is 0 Å². The van der Waals surface area contributed by atoms with Gasteiger partial charge in [-0.1, -0.05) is 23.7 Å². The summed E-state index contributed by atoms with van der Waals surface area (Å²) in [7, 11) is 1.37. The van der Waals surface area contributed by atoms with E-state index in [9.17, 15) is 4.79 Å². The Morgan fingerprint density at radius 1 is 1.69 bits per heavy atom.